The highest BCUT2D eigenvalue weighted by atomic mass is 32.1. The minimum Gasteiger partial charge on any atom is -0.490 e. The van der Waals surface area contributed by atoms with Gasteiger partial charge < -0.3 is 9.84 Å². The van der Waals surface area contributed by atoms with Crippen molar-refractivity contribution in [2.75, 3.05) is 19.7 Å². The molecule has 0 amide bonds. The molecule has 0 aliphatic carbocycles. The molecular formula is C23H29FN4O2S. The molecule has 1 aliphatic rings. The summed E-state index contributed by atoms with van der Waals surface area (Å²) in [4.78, 5) is 8.17. The number of aryl methyl sites for hydroxylation is 2. The van der Waals surface area contributed by atoms with Gasteiger partial charge in [-0.1, -0.05) is 12.1 Å². The molecule has 166 valence electrons. The highest BCUT2D eigenvalue weighted by Crippen LogP contribution is 2.37. The van der Waals surface area contributed by atoms with Crippen LogP contribution < -0.4 is 4.74 Å². The summed E-state index contributed by atoms with van der Waals surface area (Å²) in [5, 5.41) is 16.5. The van der Waals surface area contributed by atoms with Crippen molar-refractivity contribution in [1.82, 2.24) is 19.7 Å². The Labute approximate surface area is 186 Å². The van der Waals surface area contributed by atoms with Gasteiger partial charge in [0.05, 0.1) is 18.0 Å². The molecule has 1 aromatic carbocycles. The minimum atomic E-state index is -0.902. The summed E-state index contributed by atoms with van der Waals surface area (Å²) < 4.78 is 21.2. The predicted molar refractivity (Wildman–Crippen MR) is 119 cm³/mol. The fraction of sp³-hybridized carbons (Fsp3) is 0.478. The topological polar surface area (TPSA) is 63.4 Å². The van der Waals surface area contributed by atoms with Crippen molar-refractivity contribution in [2.45, 2.75) is 44.8 Å². The third-order valence-electron chi connectivity index (χ3n) is 5.93. The van der Waals surface area contributed by atoms with E-state index in [4.69, 9.17) is 9.72 Å². The van der Waals surface area contributed by atoms with Crippen LogP contribution in [0.15, 0.2) is 36.5 Å². The molecule has 0 radical (unpaired) electrons. The maximum absolute atomic E-state index is 13.7. The number of nitrogens with zero attached hydrogens (tertiary/aromatic N) is 4. The molecular weight excluding hydrogens is 415 g/mol. The number of rotatable bonds is 7. The van der Waals surface area contributed by atoms with Crippen LogP contribution in [-0.4, -0.2) is 44.5 Å². The van der Waals surface area contributed by atoms with E-state index in [0.717, 1.165) is 41.6 Å². The number of halogens is 1. The van der Waals surface area contributed by atoms with Crippen LogP contribution in [-0.2, 0) is 25.6 Å². The summed E-state index contributed by atoms with van der Waals surface area (Å²) in [6, 6.07) is 8.47. The zero-order valence-corrected chi connectivity index (χ0v) is 18.9. The Bertz CT molecular complexity index is 1020. The number of aliphatic hydroxyl groups is 1. The molecule has 3 aromatic rings. The molecule has 6 nitrogen and oxygen atoms in total. The molecule has 3 heterocycles. The average molecular weight is 445 g/mol. The summed E-state index contributed by atoms with van der Waals surface area (Å²) in [5.74, 6) is -0.0894. The first-order valence-electron chi connectivity index (χ1n) is 10.7. The lowest BCUT2D eigenvalue weighted by Crippen LogP contribution is -2.29. The largest absolute Gasteiger partial charge is 0.490 e. The first kappa shape index (κ1) is 21.9. The van der Waals surface area contributed by atoms with Crippen LogP contribution in [0.25, 0.3) is 0 Å². The van der Waals surface area contributed by atoms with Crippen LogP contribution in [0.5, 0.6) is 5.75 Å². The van der Waals surface area contributed by atoms with Crippen molar-refractivity contribution >= 4 is 11.3 Å². The van der Waals surface area contributed by atoms with E-state index in [-0.39, 0.29) is 11.6 Å². The van der Waals surface area contributed by atoms with Gasteiger partial charge in [0.2, 0.25) is 0 Å². The fourth-order valence-corrected chi connectivity index (χ4v) is 5.20. The maximum atomic E-state index is 13.7. The number of hydrogen-bond acceptors (Lipinski definition) is 6. The second-order valence-electron chi connectivity index (χ2n) is 8.16. The van der Waals surface area contributed by atoms with Crippen LogP contribution >= 0.6 is 11.3 Å². The van der Waals surface area contributed by atoms with Gasteiger partial charge in [0.25, 0.3) is 0 Å². The van der Waals surface area contributed by atoms with Crippen molar-refractivity contribution in [3.05, 3.63) is 63.6 Å². The molecule has 0 saturated carbocycles. The molecule has 1 fully saturated rings. The van der Waals surface area contributed by atoms with E-state index in [2.05, 4.69) is 10.00 Å². The summed E-state index contributed by atoms with van der Waals surface area (Å²) in [6.45, 7) is 4.93. The van der Waals surface area contributed by atoms with E-state index in [1.165, 1.54) is 11.8 Å². The fourth-order valence-electron chi connectivity index (χ4n) is 4.01. The van der Waals surface area contributed by atoms with Gasteiger partial charge >= 0.3 is 0 Å². The minimum absolute atomic E-state index is 0.265. The van der Waals surface area contributed by atoms with Gasteiger partial charge in [-0.05, 0) is 50.9 Å². The Morgan fingerprint density at radius 2 is 2.06 bits per heavy atom. The molecule has 2 aromatic heterocycles. The summed E-state index contributed by atoms with van der Waals surface area (Å²) in [6.07, 6.45) is 4.73. The van der Waals surface area contributed by atoms with Gasteiger partial charge in [-0.3, -0.25) is 9.58 Å². The summed E-state index contributed by atoms with van der Waals surface area (Å²) in [7, 11) is 1.96. The highest BCUT2D eigenvalue weighted by molar-refractivity contribution is 7.11. The molecule has 1 atom stereocenters. The predicted octanol–water partition coefficient (Wildman–Crippen LogP) is 3.82. The van der Waals surface area contributed by atoms with Crippen molar-refractivity contribution in [3.8, 4) is 5.75 Å². The lowest BCUT2D eigenvalue weighted by molar-refractivity contribution is 0.0206. The lowest BCUT2D eigenvalue weighted by Gasteiger charge is -2.24. The van der Waals surface area contributed by atoms with E-state index < -0.39 is 5.60 Å². The van der Waals surface area contributed by atoms with E-state index >= 15 is 0 Å². The van der Waals surface area contributed by atoms with Gasteiger partial charge in [0.15, 0.2) is 11.6 Å². The number of ether oxygens (including phenoxy) is 1. The molecule has 1 N–H and O–H groups in total. The van der Waals surface area contributed by atoms with E-state index in [1.54, 1.807) is 29.5 Å². The monoisotopic (exact) mass is 444 g/mol. The second kappa shape index (κ2) is 9.46. The van der Waals surface area contributed by atoms with Crippen LogP contribution in [0.4, 0.5) is 4.39 Å². The Morgan fingerprint density at radius 1 is 1.23 bits per heavy atom. The zero-order chi connectivity index (χ0) is 21.8. The number of likely N-dealkylation sites (tertiary alicyclic amines) is 1. The van der Waals surface area contributed by atoms with Crippen LogP contribution in [0.2, 0.25) is 0 Å². The molecule has 31 heavy (non-hydrogen) atoms. The van der Waals surface area contributed by atoms with E-state index in [0.29, 0.717) is 25.9 Å². The number of aromatic nitrogens is 3. The van der Waals surface area contributed by atoms with E-state index in [9.17, 15) is 9.50 Å². The SMILES string of the molecule is Cc1nc(C2(O)CCCN(Cc3ccnn3C)CC2)sc1CCOc1ccccc1F. The van der Waals surface area contributed by atoms with Crippen molar-refractivity contribution in [3.63, 3.8) is 0 Å². The molecule has 1 saturated heterocycles. The average Bonchev–Trinajstić information content (AvgIpc) is 3.27. The van der Waals surface area contributed by atoms with Crippen LogP contribution in [0, 0.1) is 12.7 Å². The van der Waals surface area contributed by atoms with Gasteiger partial charge in [-0.15, -0.1) is 11.3 Å². The first-order chi connectivity index (χ1) is 14.9. The Hall–Kier alpha value is -2.29. The summed E-state index contributed by atoms with van der Waals surface area (Å²) >= 11 is 1.56. The van der Waals surface area contributed by atoms with Crippen LogP contribution in [0.1, 0.15) is 40.5 Å². The third kappa shape index (κ3) is 5.14. The highest BCUT2D eigenvalue weighted by Gasteiger charge is 2.35. The third-order valence-corrected chi connectivity index (χ3v) is 7.34. The quantitative estimate of drug-likeness (QED) is 0.600. The second-order valence-corrected chi connectivity index (χ2v) is 9.25. The maximum Gasteiger partial charge on any atom is 0.165 e. The number of para-hydroxylation sites is 1. The molecule has 1 unspecified atom stereocenters. The first-order valence-corrected chi connectivity index (χ1v) is 11.5. The number of hydrogen-bond donors (Lipinski definition) is 1. The molecule has 4 rings (SSSR count). The van der Waals surface area contributed by atoms with Gasteiger partial charge in [-0.2, -0.15) is 5.10 Å². The molecule has 0 spiro atoms. The zero-order valence-electron chi connectivity index (χ0n) is 18.1. The van der Waals surface area contributed by atoms with Crippen molar-refractivity contribution in [1.29, 1.82) is 0 Å². The Balaban J connectivity index is 1.37. The van der Waals surface area contributed by atoms with Gasteiger partial charge in [0, 0.05) is 37.6 Å². The van der Waals surface area contributed by atoms with Crippen LogP contribution in [0.3, 0.4) is 0 Å². The summed E-state index contributed by atoms with van der Waals surface area (Å²) in [5.41, 5.74) is 1.19. The Morgan fingerprint density at radius 3 is 2.84 bits per heavy atom. The van der Waals surface area contributed by atoms with Gasteiger partial charge in [-0.25, -0.2) is 9.37 Å². The normalized spacial score (nSPS) is 20.0. The smallest absolute Gasteiger partial charge is 0.165 e. The number of thiazole rings is 1. The molecule has 8 heteroatoms. The molecule has 0 bridgehead atoms. The van der Waals surface area contributed by atoms with Gasteiger partial charge in [0.1, 0.15) is 10.6 Å². The molecule has 1 aliphatic heterocycles. The standard InChI is InChI=1S/C23H29FN4O2S/c1-17-21(9-15-30-20-7-4-3-6-19(20)24)31-22(26-17)23(29)10-5-13-28(14-11-23)16-18-8-12-25-27(18)2/h3-4,6-8,12,29H,5,9-11,13-16H2,1-2H3. The number of benzene rings is 1. The Kier molecular flexibility index (Phi) is 6.69. The van der Waals surface area contributed by atoms with Crippen molar-refractivity contribution in [2.24, 2.45) is 7.05 Å². The lowest BCUT2D eigenvalue weighted by atomic mass is 9.96. The van der Waals surface area contributed by atoms with E-state index in [1.807, 2.05) is 30.9 Å². The van der Waals surface area contributed by atoms with Crippen molar-refractivity contribution < 1.29 is 14.2 Å².